The normalized spacial score (nSPS) is 14.6. The Kier molecular flexibility index (Phi) is 7.04. The van der Waals surface area contributed by atoms with Crippen LogP contribution in [0.3, 0.4) is 0 Å². The molecule has 9 aromatic carbocycles. The third-order valence-corrected chi connectivity index (χ3v) is 25.1. The molecule has 1 spiro atoms. The van der Waals surface area contributed by atoms with Crippen LogP contribution in [0.1, 0.15) is 0 Å². The average molecular weight is 891 g/mol. The van der Waals surface area contributed by atoms with Crippen molar-refractivity contribution in [2.24, 2.45) is 0 Å². The molecule has 2 aromatic heterocycles. The zero-order valence-electron chi connectivity index (χ0n) is 38.2. The molecule has 6 heteroatoms. The minimum Gasteiger partial charge on any atom is -0.310 e. The Morgan fingerprint density at radius 1 is 0.439 bits per heavy atom. The molecule has 0 aliphatic carbocycles. The van der Waals surface area contributed by atoms with Gasteiger partial charge in [-0.25, -0.2) is 0 Å². The fraction of sp³-hybridized carbons (Fsp3) is 0.100. The van der Waals surface area contributed by atoms with Crippen molar-refractivity contribution in [2.45, 2.75) is 39.3 Å². The van der Waals surface area contributed by atoms with Gasteiger partial charge in [0.2, 0.25) is 0 Å². The Labute approximate surface area is 388 Å². The molecular formula is C60H47BN2Si3. The second kappa shape index (κ2) is 12.4. The van der Waals surface area contributed by atoms with Crippen LogP contribution in [0.25, 0.3) is 88.4 Å². The standard InChI is InChI=1S/C60H47BN2Si3/c1-64(2,3)39-32-44-45-33-40(65(4,5)6)35-52-58(45)63-57(44)47(34-39)61-46-31-38-23-13-14-24-41(38)54-53(36-19-9-7-10-20-36)56(37-21-11-8-12-22-37)62(59(46)54)48-29-30-51(60(63)55(48)61)66(52)49-27-17-15-25-42(49)43-26-16-18-28-50(43)66/h7-35H,1-6H3. The van der Waals surface area contributed by atoms with Gasteiger partial charge in [-0.05, 0) is 76.2 Å². The molecule has 4 aliphatic rings. The molecule has 0 radical (unpaired) electrons. The van der Waals surface area contributed by atoms with E-state index < -0.39 is 24.2 Å². The predicted octanol–water partition coefficient (Wildman–Crippen LogP) is 9.12. The number of aromatic nitrogens is 2. The smallest absolute Gasteiger partial charge is 0.252 e. The van der Waals surface area contributed by atoms with Crippen molar-refractivity contribution in [1.29, 1.82) is 0 Å². The average Bonchev–Trinajstić information content (AvgIpc) is 3.97. The van der Waals surface area contributed by atoms with Crippen molar-refractivity contribution in [1.82, 2.24) is 9.13 Å². The second-order valence-corrected chi connectivity index (χ2v) is 35.4. The van der Waals surface area contributed by atoms with E-state index in [9.17, 15) is 0 Å². The number of rotatable bonds is 4. The summed E-state index contributed by atoms with van der Waals surface area (Å²) in [6.07, 6.45) is 0. The van der Waals surface area contributed by atoms with Crippen molar-refractivity contribution >= 4 is 122 Å². The second-order valence-electron chi connectivity index (χ2n) is 21.6. The molecule has 6 heterocycles. The van der Waals surface area contributed by atoms with E-state index in [4.69, 9.17) is 0 Å². The molecule has 0 unspecified atom stereocenters. The van der Waals surface area contributed by atoms with Crippen LogP contribution >= 0.6 is 0 Å². The summed E-state index contributed by atoms with van der Waals surface area (Å²) >= 11 is 0. The molecule has 0 N–H and O–H groups in total. The molecule has 0 amide bonds. The maximum absolute atomic E-state index is 2.92. The highest BCUT2D eigenvalue weighted by Crippen LogP contribution is 2.48. The fourth-order valence-corrected chi connectivity index (χ4v) is 21.4. The van der Waals surface area contributed by atoms with Gasteiger partial charge in [0, 0.05) is 38.6 Å². The van der Waals surface area contributed by atoms with E-state index in [1.807, 2.05) is 0 Å². The van der Waals surface area contributed by atoms with Crippen molar-refractivity contribution < 1.29 is 0 Å². The van der Waals surface area contributed by atoms with E-state index in [1.54, 1.807) is 31.1 Å². The highest BCUT2D eigenvalue weighted by atomic mass is 28.3. The number of benzene rings is 9. The SMILES string of the molecule is C[Si](C)(C)c1cc2c3c(c1)c1cc([Si](C)(C)C)cc4c1n3-c1c(ccc3c1B2c1cc2ccccc2c2c(-c5ccccc5)c(-c5ccccc5)n-3c12)[Si]41c2ccccc2-c2ccccc21. The minimum atomic E-state index is -2.92. The number of hydrogen-bond donors (Lipinski definition) is 0. The summed E-state index contributed by atoms with van der Waals surface area (Å²) < 4.78 is 5.55. The molecule has 2 nitrogen and oxygen atoms in total. The van der Waals surface area contributed by atoms with Gasteiger partial charge in [0.25, 0.3) is 6.71 Å². The molecule has 0 saturated heterocycles. The maximum Gasteiger partial charge on any atom is 0.252 e. The van der Waals surface area contributed by atoms with Gasteiger partial charge < -0.3 is 9.13 Å². The van der Waals surface area contributed by atoms with Crippen LogP contribution < -0.4 is 47.5 Å². The predicted molar refractivity (Wildman–Crippen MR) is 293 cm³/mol. The van der Waals surface area contributed by atoms with Gasteiger partial charge in [-0.3, -0.25) is 0 Å². The van der Waals surface area contributed by atoms with Crippen molar-refractivity contribution in [2.75, 3.05) is 0 Å². The Bertz CT molecular complexity index is 3970. The van der Waals surface area contributed by atoms with E-state index in [0.717, 1.165) is 0 Å². The van der Waals surface area contributed by atoms with Gasteiger partial charge in [0.15, 0.2) is 8.07 Å². The van der Waals surface area contributed by atoms with Gasteiger partial charge in [0.05, 0.1) is 32.9 Å². The topological polar surface area (TPSA) is 9.86 Å². The van der Waals surface area contributed by atoms with E-state index in [1.165, 1.54) is 105 Å². The lowest BCUT2D eigenvalue weighted by Crippen LogP contribution is -2.77. The molecule has 0 fully saturated rings. The summed E-state index contributed by atoms with van der Waals surface area (Å²) in [5.74, 6) is 0. The quantitative estimate of drug-likeness (QED) is 0.156. The first kappa shape index (κ1) is 37.5. The van der Waals surface area contributed by atoms with Crippen molar-refractivity contribution in [3.63, 3.8) is 0 Å². The van der Waals surface area contributed by atoms with Crippen LogP contribution in [0.15, 0.2) is 176 Å². The Morgan fingerprint density at radius 3 is 1.70 bits per heavy atom. The van der Waals surface area contributed by atoms with Crippen molar-refractivity contribution in [3.8, 4) is 44.9 Å². The Hall–Kier alpha value is -6.70. The van der Waals surface area contributed by atoms with Gasteiger partial charge in [-0.15, -0.1) is 0 Å². The summed E-state index contributed by atoms with van der Waals surface area (Å²) in [6, 6.07) is 69.3. The van der Waals surface area contributed by atoms with Gasteiger partial charge in [-0.1, -0.05) is 220 Å². The molecular weight excluding hydrogens is 844 g/mol. The highest BCUT2D eigenvalue weighted by Gasteiger charge is 2.56. The zero-order valence-corrected chi connectivity index (χ0v) is 41.2. The van der Waals surface area contributed by atoms with Crippen LogP contribution in [0, 0.1) is 0 Å². The fourth-order valence-electron chi connectivity index (χ4n) is 13.4. The summed E-state index contributed by atoms with van der Waals surface area (Å²) in [5, 5.41) is 16.2. The highest BCUT2D eigenvalue weighted by molar-refractivity contribution is 7.24. The van der Waals surface area contributed by atoms with Crippen LogP contribution in [-0.4, -0.2) is 40.1 Å². The number of hydrogen-bond acceptors (Lipinski definition) is 0. The van der Waals surface area contributed by atoms with Crippen molar-refractivity contribution in [3.05, 3.63) is 176 Å². The van der Waals surface area contributed by atoms with Gasteiger partial charge in [-0.2, -0.15) is 0 Å². The Morgan fingerprint density at radius 2 is 1.02 bits per heavy atom. The third-order valence-electron chi connectivity index (χ3n) is 16.1. The van der Waals surface area contributed by atoms with E-state index >= 15 is 0 Å². The van der Waals surface area contributed by atoms with E-state index in [-0.39, 0.29) is 6.71 Å². The number of nitrogens with zero attached hydrogens (tertiary/aromatic N) is 2. The maximum atomic E-state index is 2.83. The lowest BCUT2D eigenvalue weighted by Gasteiger charge is -2.43. The minimum absolute atomic E-state index is 0.0447. The molecule has 15 rings (SSSR count). The lowest BCUT2D eigenvalue weighted by atomic mass is 9.34. The van der Waals surface area contributed by atoms with Gasteiger partial charge >= 0.3 is 0 Å². The lowest BCUT2D eigenvalue weighted by molar-refractivity contribution is 1.12. The van der Waals surface area contributed by atoms with E-state index in [2.05, 4.69) is 224 Å². The Balaban J connectivity index is 1.23. The molecule has 4 aliphatic heterocycles. The van der Waals surface area contributed by atoms with Crippen LogP contribution in [0.5, 0.6) is 0 Å². The molecule has 0 atom stereocenters. The van der Waals surface area contributed by atoms with Crippen LogP contribution in [-0.2, 0) is 0 Å². The van der Waals surface area contributed by atoms with Crippen LogP contribution in [0.4, 0.5) is 0 Å². The summed E-state index contributed by atoms with van der Waals surface area (Å²) in [5.41, 5.74) is 19.3. The first-order chi connectivity index (χ1) is 32.0. The number of fused-ring (bicyclic) bond motifs is 13. The zero-order chi connectivity index (χ0) is 44.2. The third kappa shape index (κ3) is 4.39. The monoisotopic (exact) mass is 890 g/mol. The molecule has 11 aromatic rings. The van der Waals surface area contributed by atoms with Gasteiger partial charge in [0.1, 0.15) is 0 Å². The van der Waals surface area contributed by atoms with E-state index in [0.29, 0.717) is 0 Å². The molecule has 0 saturated carbocycles. The summed E-state index contributed by atoms with van der Waals surface area (Å²) in [7, 11) is -6.56. The molecule has 312 valence electrons. The first-order valence-corrected chi connectivity index (χ1v) is 32.8. The molecule has 0 bridgehead atoms. The molecule has 66 heavy (non-hydrogen) atoms. The summed E-state index contributed by atoms with van der Waals surface area (Å²) in [4.78, 5) is 0. The van der Waals surface area contributed by atoms with Crippen LogP contribution in [0.2, 0.25) is 39.3 Å². The summed E-state index contributed by atoms with van der Waals surface area (Å²) in [6.45, 7) is 15.3. The first-order valence-electron chi connectivity index (χ1n) is 23.8. The largest absolute Gasteiger partial charge is 0.310 e.